The van der Waals surface area contributed by atoms with Gasteiger partial charge in [0.25, 0.3) is 0 Å². The maximum Gasteiger partial charge on any atom is 0.131 e. The lowest BCUT2D eigenvalue weighted by Gasteiger charge is -1.98. The number of rotatable bonds is 1. The zero-order valence-corrected chi connectivity index (χ0v) is 8.94. The summed E-state index contributed by atoms with van der Waals surface area (Å²) in [5.41, 5.74) is 2.29. The Bertz CT molecular complexity index is 233. The first-order chi connectivity index (χ1) is 5.74. The zero-order valence-electron chi connectivity index (χ0n) is 8.19. The molecule has 68 valence electrons. The molecular formula is C10H16ClN. The van der Waals surface area contributed by atoms with Crippen LogP contribution in [0.5, 0.6) is 0 Å². The molecule has 0 radical (unpaired) electrons. The second kappa shape index (κ2) is 6.01. The van der Waals surface area contributed by atoms with Crippen LogP contribution in [0.25, 0.3) is 0 Å². The van der Waals surface area contributed by atoms with Crippen LogP contribution in [0.3, 0.4) is 0 Å². The van der Waals surface area contributed by atoms with Gasteiger partial charge in [0, 0.05) is 6.20 Å². The molecule has 2 heteroatoms. The molecule has 0 atom stereocenters. The minimum Gasteiger partial charge on any atom is -0.244 e. The summed E-state index contributed by atoms with van der Waals surface area (Å²) in [6, 6.07) is 2.06. The summed E-state index contributed by atoms with van der Waals surface area (Å²) >= 11 is 5.73. The predicted octanol–water partition coefficient (Wildman–Crippen LogP) is 3.63. The minimum absolute atomic E-state index is 0.609. The second-order valence-corrected chi connectivity index (χ2v) is 2.66. The number of halogens is 1. The minimum atomic E-state index is 0.609. The number of aryl methyl sites for hydroxylation is 2. The third-order valence-corrected chi connectivity index (χ3v) is 1.87. The number of nitrogens with zero attached hydrogens (tertiary/aromatic N) is 1. The molecule has 0 aromatic carbocycles. The molecule has 0 N–H and O–H groups in total. The normalized spacial score (nSPS) is 8.75. The summed E-state index contributed by atoms with van der Waals surface area (Å²) in [6.45, 7) is 8.07. The molecule has 0 saturated carbocycles. The fraction of sp³-hybridized carbons (Fsp3) is 0.500. The van der Waals surface area contributed by atoms with E-state index < -0.39 is 0 Å². The highest BCUT2D eigenvalue weighted by atomic mass is 35.5. The molecule has 0 fully saturated rings. The largest absolute Gasteiger partial charge is 0.244 e. The Morgan fingerprint density at radius 1 is 1.42 bits per heavy atom. The van der Waals surface area contributed by atoms with Crippen LogP contribution in [0.1, 0.15) is 31.9 Å². The van der Waals surface area contributed by atoms with E-state index in [1.807, 2.05) is 27.0 Å². The standard InChI is InChI=1S/C8H10ClN.C2H6/c1-3-7-4-6(2)8(9)10-5-7;1-2/h4-5H,3H2,1-2H3;1-2H3. The van der Waals surface area contributed by atoms with E-state index in [1.54, 1.807) is 0 Å². The van der Waals surface area contributed by atoms with E-state index in [9.17, 15) is 0 Å². The molecule has 0 aliphatic carbocycles. The van der Waals surface area contributed by atoms with Gasteiger partial charge in [-0.15, -0.1) is 0 Å². The molecule has 1 aromatic rings. The van der Waals surface area contributed by atoms with Crippen molar-refractivity contribution in [1.82, 2.24) is 4.98 Å². The Morgan fingerprint density at radius 3 is 2.42 bits per heavy atom. The van der Waals surface area contributed by atoms with E-state index in [0.29, 0.717) is 5.15 Å². The van der Waals surface area contributed by atoms with Crippen LogP contribution in [-0.2, 0) is 6.42 Å². The Labute approximate surface area is 79.8 Å². The van der Waals surface area contributed by atoms with Gasteiger partial charge in [-0.3, -0.25) is 0 Å². The Kier molecular flexibility index (Phi) is 5.73. The monoisotopic (exact) mass is 185 g/mol. The number of hydrogen-bond acceptors (Lipinski definition) is 1. The van der Waals surface area contributed by atoms with Crippen LogP contribution in [0.2, 0.25) is 5.15 Å². The van der Waals surface area contributed by atoms with Crippen molar-refractivity contribution in [3.05, 3.63) is 28.5 Å². The lowest BCUT2D eigenvalue weighted by molar-refractivity contribution is 1.09. The number of aromatic nitrogens is 1. The van der Waals surface area contributed by atoms with E-state index >= 15 is 0 Å². The van der Waals surface area contributed by atoms with E-state index in [-0.39, 0.29) is 0 Å². The van der Waals surface area contributed by atoms with Crippen LogP contribution < -0.4 is 0 Å². The first-order valence-corrected chi connectivity index (χ1v) is 4.73. The summed E-state index contributed by atoms with van der Waals surface area (Å²) in [6.07, 6.45) is 2.83. The molecule has 1 heterocycles. The molecule has 0 aliphatic heterocycles. The van der Waals surface area contributed by atoms with E-state index in [0.717, 1.165) is 12.0 Å². The van der Waals surface area contributed by atoms with Gasteiger partial charge in [0.1, 0.15) is 5.15 Å². The van der Waals surface area contributed by atoms with Crippen LogP contribution in [-0.4, -0.2) is 4.98 Å². The van der Waals surface area contributed by atoms with E-state index in [2.05, 4.69) is 18.0 Å². The van der Waals surface area contributed by atoms with Crippen LogP contribution >= 0.6 is 11.6 Å². The smallest absolute Gasteiger partial charge is 0.131 e. The van der Waals surface area contributed by atoms with Gasteiger partial charge < -0.3 is 0 Å². The van der Waals surface area contributed by atoms with Gasteiger partial charge in [-0.05, 0) is 24.5 Å². The highest BCUT2D eigenvalue weighted by molar-refractivity contribution is 6.30. The van der Waals surface area contributed by atoms with Crippen molar-refractivity contribution < 1.29 is 0 Å². The quantitative estimate of drug-likeness (QED) is 0.609. The number of pyridine rings is 1. The maximum atomic E-state index is 5.73. The summed E-state index contributed by atoms with van der Waals surface area (Å²) in [7, 11) is 0. The fourth-order valence-electron chi connectivity index (χ4n) is 0.810. The predicted molar refractivity (Wildman–Crippen MR) is 54.7 cm³/mol. The van der Waals surface area contributed by atoms with Crippen LogP contribution in [0.4, 0.5) is 0 Å². The highest BCUT2D eigenvalue weighted by Crippen LogP contribution is 2.12. The summed E-state index contributed by atoms with van der Waals surface area (Å²) in [5.74, 6) is 0. The molecule has 0 spiro atoms. The summed E-state index contributed by atoms with van der Waals surface area (Å²) in [4.78, 5) is 4.01. The van der Waals surface area contributed by atoms with Gasteiger partial charge >= 0.3 is 0 Å². The zero-order chi connectivity index (χ0) is 9.56. The van der Waals surface area contributed by atoms with Gasteiger partial charge in [-0.25, -0.2) is 4.98 Å². The Balaban J connectivity index is 0.000000561. The van der Waals surface area contributed by atoms with Gasteiger partial charge in [-0.2, -0.15) is 0 Å². The molecular weight excluding hydrogens is 170 g/mol. The molecule has 0 saturated heterocycles. The van der Waals surface area contributed by atoms with Crippen LogP contribution in [0.15, 0.2) is 12.3 Å². The third kappa shape index (κ3) is 3.22. The molecule has 0 bridgehead atoms. The molecule has 0 aliphatic rings. The average molecular weight is 186 g/mol. The van der Waals surface area contributed by atoms with Gasteiger partial charge in [0.15, 0.2) is 0 Å². The summed E-state index contributed by atoms with van der Waals surface area (Å²) in [5, 5.41) is 0.609. The van der Waals surface area contributed by atoms with Crippen LogP contribution in [0, 0.1) is 6.92 Å². The van der Waals surface area contributed by atoms with Crippen molar-refractivity contribution in [2.45, 2.75) is 34.1 Å². The van der Waals surface area contributed by atoms with Crippen molar-refractivity contribution in [2.24, 2.45) is 0 Å². The molecule has 12 heavy (non-hydrogen) atoms. The van der Waals surface area contributed by atoms with Gasteiger partial charge in [0.05, 0.1) is 0 Å². The average Bonchev–Trinajstić information content (AvgIpc) is 2.13. The van der Waals surface area contributed by atoms with Gasteiger partial charge in [0.2, 0.25) is 0 Å². The third-order valence-electron chi connectivity index (χ3n) is 1.48. The maximum absolute atomic E-state index is 5.73. The van der Waals surface area contributed by atoms with Crippen molar-refractivity contribution in [3.63, 3.8) is 0 Å². The molecule has 0 amide bonds. The van der Waals surface area contributed by atoms with Gasteiger partial charge in [-0.1, -0.05) is 38.4 Å². The van der Waals surface area contributed by atoms with Crippen molar-refractivity contribution >= 4 is 11.6 Å². The lowest BCUT2D eigenvalue weighted by atomic mass is 10.2. The Morgan fingerprint density at radius 2 is 2.00 bits per heavy atom. The lowest BCUT2D eigenvalue weighted by Crippen LogP contribution is -1.85. The molecule has 0 unspecified atom stereocenters. The van der Waals surface area contributed by atoms with Crippen molar-refractivity contribution in [3.8, 4) is 0 Å². The topological polar surface area (TPSA) is 12.9 Å². The summed E-state index contributed by atoms with van der Waals surface area (Å²) < 4.78 is 0. The first-order valence-electron chi connectivity index (χ1n) is 4.35. The second-order valence-electron chi connectivity index (χ2n) is 2.30. The van der Waals surface area contributed by atoms with E-state index in [1.165, 1.54) is 5.56 Å². The molecule has 1 nitrogen and oxygen atoms in total. The first kappa shape index (κ1) is 11.4. The van der Waals surface area contributed by atoms with E-state index in [4.69, 9.17) is 11.6 Å². The number of hydrogen-bond donors (Lipinski definition) is 0. The van der Waals surface area contributed by atoms with Crippen molar-refractivity contribution in [2.75, 3.05) is 0 Å². The Hall–Kier alpha value is -0.560. The van der Waals surface area contributed by atoms with Crippen molar-refractivity contribution in [1.29, 1.82) is 0 Å². The SMILES string of the molecule is CC.CCc1cnc(Cl)c(C)c1. The highest BCUT2D eigenvalue weighted by Gasteiger charge is 1.95. The fourth-order valence-corrected chi connectivity index (χ4v) is 0.913. The molecule has 1 rings (SSSR count). The molecule has 1 aromatic heterocycles.